The van der Waals surface area contributed by atoms with Crippen LogP contribution in [0.25, 0.3) is 0 Å². The number of nitrogens with zero attached hydrogens (tertiary/aromatic N) is 3. The fourth-order valence-electron chi connectivity index (χ4n) is 4.91. The Hall–Kier alpha value is -3.75. The number of likely N-dealkylation sites (N-methyl/N-ethyl adjacent to an activating group) is 1. The Kier molecular flexibility index (Phi) is 7.14. The summed E-state index contributed by atoms with van der Waals surface area (Å²) in [5, 5.41) is 0. The molecule has 2 aliphatic rings. The van der Waals surface area contributed by atoms with Gasteiger partial charge in [-0.2, -0.15) is 0 Å². The van der Waals surface area contributed by atoms with E-state index in [0.717, 1.165) is 5.56 Å². The molecule has 0 unspecified atom stereocenters. The summed E-state index contributed by atoms with van der Waals surface area (Å²) in [7, 11) is 4.84. The summed E-state index contributed by atoms with van der Waals surface area (Å²) >= 11 is 0. The van der Waals surface area contributed by atoms with Crippen LogP contribution in [0.5, 0.6) is 11.5 Å². The lowest BCUT2D eigenvalue weighted by Gasteiger charge is -2.43. The first kappa shape index (κ1) is 24.4. The highest BCUT2D eigenvalue weighted by Crippen LogP contribution is 2.44. The molecular formula is C26H31N3O6. The number of rotatable bonds is 5. The van der Waals surface area contributed by atoms with Crippen LogP contribution >= 0.6 is 0 Å². The molecule has 9 heteroatoms. The number of carbonyl (C=O) groups excluding carboxylic acids is 3. The summed E-state index contributed by atoms with van der Waals surface area (Å²) in [6.07, 6.45) is -0.365. The van der Waals surface area contributed by atoms with E-state index in [-0.39, 0.29) is 17.9 Å². The molecule has 2 aromatic carbocycles. The number of benzene rings is 2. The van der Waals surface area contributed by atoms with Crippen LogP contribution in [0.4, 0.5) is 4.79 Å². The summed E-state index contributed by atoms with van der Waals surface area (Å²) in [6, 6.07) is 12.2. The maximum atomic E-state index is 14.0. The fraction of sp³-hybridized carbons (Fsp3) is 0.423. The van der Waals surface area contributed by atoms with Crippen LogP contribution < -0.4 is 9.47 Å². The van der Waals surface area contributed by atoms with Crippen molar-refractivity contribution in [3.05, 3.63) is 59.2 Å². The minimum atomic E-state index is -0.610. The van der Waals surface area contributed by atoms with Gasteiger partial charge < -0.3 is 28.9 Å². The number of hydrogen-bond acceptors (Lipinski definition) is 6. The Morgan fingerprint density at radius 2 is 1.60 bits per heavy atom. The Morgan fingerprint density at radius 3 is 2.26 bits per heavy atom. The third kappa shape index (κ3) is 4.50. The fourth-order valence-corrected chi connectivity index (χ4v) is 4.91. The van der Waals surface area contributed by atoms with Crippen molar-refractivity contribution in [3.8, 4) is 11.5 Å². The molecule has 4 rings (SSSR count). The number of piperazine rings is 1. The number of fused-ring (bicyclic) bond motifs is 1. The zero-order valence-electron chi connectivity index (χ0n) is 20.5. The Balaban J connectivity index is 1.70. The molecule has 1 saturated heterocycles. The van der Waals surface area contributed by atoms with Crippen LogP contribution in [-0.4, -0.2) is 86.7 Å². The SMILES string of the molecule is CCOC(=O)N1CCN(C(=O)[C@@H]2c3ccccc3C(=O)N(C)[C@@H]2c2ccc(OC)c(OC)c2)CC1. The van der Waals surface area contributed by atoms with Crippen molar-refractivity contribution in [2.24, 2.45) is 0 Å². The molecule has 2 aromatic rings. The second kappa shape index (κ2) is 10.2. The maximum absolute atomic E-state index is 14.0. The molecule has 186 valence electrons. The Bertz CT molecular complexity index is 1110. The second-order valence-corrected chi connectivity index (χ2v) is 8.55. The first-order valence-electron chi connectivity index (χ1n) is 11.7. The summed E-state index contributed by atoms with van der Waals surface area (Å²) < 4.78 is 16.0. The second-order valence-electron chi connectivity index (χ2n) is 8.55. The van der Waals surface area contributed by atoms with Crippen molar-refractivity contribution < 1.29 is 28.6 Å². The number of hydrogen-bond donors (Lipinski definition) is 0. The average Bonchev–Trinajstić information content (AvgIpc) is 2.90. The van der Waals surface area contributed by atoms with E-state index in [1.165, 1.54) is 0 Å². The van der Waals surface area contributed by atoms with E-state index >= 15 is 0 Å². The minimum absolute atomic E-state index is 0.0832. The predicted octanol–water partition coefficient (Wildman–Crippen LogP) is 2.92. The molecule has 0 spiro atoms. The molecule has 2 atom stereocenters. The Morgan fingerprint density at radius 1 is 0.943 bits per heavy atom. The smallest absolute Gasteiger partial charge is 0.409 e. The molecule has 0 N–H and O–H groups in total. The lowest BCUT2D eigenvalue weighted by Crippen LogP contribution is -2.54. The predicted molar refractivity (Wildman–Crippen MR) is 129 cm³/mol. The molecular weight excluding hydrogens is 450 g/mol. The molecule has 2 aliphatic heterocycles. The van der Waals surface area contributed by atoms with Crippen molar-refractivity contribution in [2.45, 2.75) is 18.9 Å². The lowest BCUT2D eigenvalue weighted by atomic mass is 9.79. The van der Waals surface area contributed by atoms with Crippen molar-refractivity contribution in [1.29, 1.82) is 0 Å². The van der Waals surface area contributed by atoms with Crippen molar-refractivity contribution in [1.82, 2.24) is 14.7 Å². The van der Waals surface area contributed by atoms with E-state index in [0.29, 0.717) is 55.4 Å². The molecule has 3 amide bonds. The topological polar surface area (TPSA) is 88.6 Å². The van der Waals surface area contributed by atoms with Crippen LogP contribution in [0.3, 0.4) is 0 Å². The van der Waals surface area contributed by atoms with E-state index in [9.17, 15) is 14.4 Å². The van der Waals surface area contributed by atoms with Crippen molar-refractivity contribution >= 4 is 17.9 Å². The minimum Gasteiger partial charge on any atom is -0.493 e. The van der Waals surface area contributed by atoms with Crippen LogP contribution in [0.2, 0.25) is 0 Å². The molecule has 9 nitrogen and oxygen atoms in total. The summed E-state index contributed by atoms with van der Waals surface area (Å²) in [4.78, 5) is 44.4. The van der Waals surface area contributed by atoms with E-state index in [1.54, 1.807) is 61.1 Å². The molecule has 2 heterocycles. The standard InChI is InChI=1S/C26H31N3O6/c1-5-35-26(32)29-14-12-28(13-15-29)25(31)22-18-8-6-7-9-19(18)24(30)27(2)23(22)17-10-11-20(33-3)21(16-17)34-4/h6-11,16,22-23H,5,12-15H2,1-4H3/t22-,23-/m1/s1. The third-order valence-electron chi connectivity index (χ3n) is 6.71. The van der Waals surface area contributed by atoms with Crippen LogP contribution in [0.15, 0.2) is 42.5 Å². The highest BCUT2D eigenvalue weighted by atomic mass is 16.6. The molecule has 0 aromatic heterocycles. The van der Waals surface area contributed by atoms with Gasteiger partial charge in [-0.1, -0.05) is 24.3 Å². The van der Waals surface area contributed by atoms with E-state index in [2.05, 4.69) is 0 Å². The van der Waals surface area contributed by atoms with Crippen LogP contribution in [0, 0.1) is 0 Å². The average molecular weight is 482 g/mol. The first-order valence-corrected chi connectivity index (χ1v) is 11.7. The number of carbonyl (C=O) groups is 3. The van der Waals surface area contributed by atoms with Gasteiger partial charge in [0.2, 0.25) is 5.91 Å². The monoisotopic (exact) mass is 481 g/mol. The van der Waals surface area contributed by atoms with Gasteiger partial charge in [-0.3, -0.25) is 9.59 Å². The first-order chi connectivity index (χ1) is 16.9. The van der Waals surface area contributed by atoms with Gasteiger partial charge in [0.15, 0.2) is 11.5 Å². The van der Waals surface area contributed by atoms with Gasteiger partial charge in [0, 0.05) is 38.8 Å². The Labute approximate surface area is 205 Å². The van der Waals surface area contributed by atoms with Crippen molar-refractivity contribution in [2.75, 3.05) is 54.1 Å². The van der Waals surface area contributed by atoms with Crippen LogP contribution in [0.1, 0.15) is 40.4 Å². The molecule has 0 bridgehead atoms. The number of amides is 3. The highest BCUT2D eigenvalue weighted by Gasteiger charge is 2.44. The largest absolute Gasteiger partial charge is 0.493 e. The van der Waals surface area contributed by atoms with Gasteiger partial charge in [-0.15, -0.1) is 0 Å². The zero-order valence-corrected chi connectivity index (χ0v) is 20.5. The molecule has 0 saturated carbocycles. The van der Waals surface area contributed by atoms with Crippen molar-refractivity contribution in [3.63, 3.8) is 0 Å². The number of methoxy groups -OCH3 is 2. The summed E-state index contributed by atoms with van der Waals surface area (Å²) in [5.74, 6) is 0.260. The maximum Gasteiger partial charge on any atom is 0.409 e. The van der Waals surface area contributed by atoms with Gasteiger partial charge in [0.25, 0.3) is 5.91 Å². The quantitative estimate of drug-likeness (QED) is 0.653. The van der Waals surface area contributed by atoms with Gasteiger partial charge in [-0.25, -0.2) is 4.79 Å². The normalized spacial score (nSPS) is 19.8. The molecule has 35 heavy (non-hydrogen) atoms. The van der Waals surface area contributed by atoms with E-state index < -0.39 is 12.0 Å². The lowest BCUT2D eigenvalue weighted by molar-refractivity contribution is -0.136. The summed E-state index contributed by atoms with van der Waals surface area (Å²) in [5.41, 5.74) is 2.00. The van der Waals surface area contributed by atoms with Gasteiger partial charge in [-0.05, 0) is 36.2 Å². The highest BCUT2D eigenvalue weighted by molar-refractivity contribution is 6.01. The van der Waals surface area contributed by atoms with Gasteiger partial charge >= 0.3 is 6.09 Å². The van der Waals surface area contributed by atoms with E-state index in [4.69, 9.17) is 14.2 Å². The number of ether oxygens (including phenoxy) is 3. The van der Waals surface area contributed by atoms with Crippen LogP contribution in [-0.2, 0) is 9.53 Å². The van der Waals surface area contributed by atoms with Gasteiger partial charge in [0.05, 0.1) is 32.8 Å². The van der Waals surface area contributed by atoms with Gasteiger partial charge in [0.1, 0.15) is 0 Å². The molecule has 0 radical (unpaired) electrons. The van der Waals surface area contributed by atoms with E-state index in [1.807, 2.05) is 24.3 Å². The molecule has 0 aliphatic carbocycles. The third-order valence-corrected chi connectivity index (χ3v) is 6.71. The molecule has 1 fully saturated rings. The zero-order chi connectivity index (χ0) is 25.1. The summed E-state index contributed by atoms with van der Waals surface area (Å²) in [6.45, 7) is 3.66.